The van der Waals surface area contributed by atoms with Gasteiger partial charge in [-0.1, -0.05) is 20.8 Å². The lowest BCUT2D eigenvalue weighted by Crippen LogP contribution is -2.14. The van der Waals surface area contributed by atoms with Crippen LogP contribution in [0.4, 0.5) is 10.1 Å². The topological polar surface area (TPSA) is 52.3 Å². The zero-order chi connectivity index (χ0) is 13.7. The molecule has 2 N–H and O–H groups in total. The summed E-state index contributed by atoms with van der Waals surface area (Å²) in [6.45, 7) is 6.60. The molecule has 1 unspecified atom stereocenters. The van der Waals surface area contributed by atoms with E-state index in [1.165, 1.54) is 6.07 Å². The molecule has 0 heterocycles. The van der Waals surface area contributed by atoms with Crippen LogP contribution >= 0.6 is 0 Å². The molecule has 0 spiro atoms. The molecular formula is C14H20FNO2. The summed E-state index contributed by atoms with van der Waals surface area (Å²) in [4.78, 5) is 11.7. The number of ether oxygens (including phenoxy) is 1. The first kappa shape index (κ1) is 14.5. The maximum absolute atomic E-state index is 13.1. The molecule has 0 aliphatic heterocycles. The van der Waals surface area contributed by atoms with Crippen LogP contribution in [-0.2, 0) is 4.74 Å². The smallest absolute Gasteiger partial charge is 0.338 e. The van der Waals surface area contributed by atoms with Gasteiger partial charge < -0.3 is 10.5 Å². The molecule has 0 radical (unpaired) electrons. The van der Waals surface area contributed by atoms with Gasteiger partial charge in [0.1, 0.15) is 5.82 Å². The van der Waals surface area contributed by atoms with Gasteiger partial charge in [-0.3, -0.25) is 0 Å². The highest BCUT2D eigenvalue weighted by molar-refractivity contribution is 5.90. The van der Waals surface area contributed by atoms with E-state index in [1.807, 2.05) is 6.92 Å². The predicted octanol–water partition coefficient (Wildman–Crippen LogP) is 3.25. The first-order chi connectivity index (χ1) is 8.38. The summed E-state index contributed by atoms with van der Waals surface area (Å²) in [7, 11) is 0. The lowest BCUT2D eigenvalue weighted by Gasteiger charge is -2.14. The first-order valence-electron chi connectivity index (χ1n) is 6.11. The van der Waals surface area contributed by atoms with Crippen molar-refractivity contribution in [2.45, 2.75) is 27.2 Å². The molecule has 0 saturated carbocycles. The molecule has 0 aliphatic carbocycles. The lowest BCUT2D eigenvalue weighted by molar-refractivity contribution is 0.0435. The van der Waals surface area contributed by atoms with E-state index in [1.54, 1.807) is 0 Å². The standard InChI is InChI=1S/C14H20FNO2/c1-9(2)4-10(3)8-18-14(17)11-5-12(15)7-13(16)6-11/h5-7,9-10H,4,8,16H2,1-3H3. The van der Waals surface area contributed by atoms with Gasteiger partial charge in [0.15, 0.2) is 0 Å². The van der Waals surface area contributed by atoms with Gasteiger partial charge in [0.05, 0.1) is 12.2 Å². The average Bonchev–Trinajstić information content (AvgIpc) is 2.23. The van der Waals surface area contributed by atoms with Crippen molar-refractivity contribution < 1.29 is 13.9 Å². The second kappa shape index (κ2) is 6.38. The predicted molar refractivity (Wildman–Crippen MR) is 69.7 cm³/mol. The maximum Gasteiger partial charge on any atom is 0.338 e. The zero-order valence-corrected chi connectivity index (χ0v) is 11.1. The molecular weight excluding hydrogens is 233 g/mol. The summed E-state index contributed by atoms with van der Waals surface area (Å²) in [6.07, 6.45) is 0.985. The molecule has 3 nitrogen and oxygen atoms in total. The number of anilines is 1. The van der Waals surface area contributed by atoms with E-state index in [4.69, 9.17) is 10.5 Å². The Morgan fingerprint density at radius 2 is 2.00 bits per heavy atom. The number of carbonyl (C=O) groups excluding carboxylic acids is 1. The van der Waals surface area contributed by atoms with Gasteiger partial charge in [0, 0.05) is 5.69 Å². The fraction of sp³-hybridized carbons (Fsp3) is 0.500. The monoisotopic (exact) mass is 253 g/mol. The molecule has 0 amide bonds. The molecule has 100 valence electrons. The molecule has 4 heteroatoms. The minimum Gasteiger partial charge on any atom is -0.462 e. The average molecular weight is 253 g/mol. The Morgan fingerprint density at radius 3 is 2.56 bits per heavy atom. The number of hydrogen-bond donors (Lipinski definition) is 1. The van der Waals surface area contributed by atoms with E-state index < -0.39 is 11.8 Å². The summed E-state index contributed by atoms with van der Waals surface area (Å²) in [6, 6.07) is 3.71. The molecule has 0 aliphatic rings. The zero-order valence-electron chi connectivity index (χ0n) is 11.1. The number of carbonyl (C=O) groups is 1. The highest BCUT2D eigenvalue weighted by atomic mass is 19.1. The molecule has 0 aromatic heterocycles. The van der Waals surface area contributed by atoms with Gasteiger partial charge in [0.25, 0.3) is 0 Å². The molecule has 0 bridgehead atoms. The Morgan fingerprint density at radius 1 is 1.33 bits per heavy atom. The summed E-state index contributed by atoms with van der Waals surface area (Å²) >= 11 is 0. The Bertz CT molecular complexity index is 398. The summed E-state index contributed by atoms with van der Waals surface area (Å²) in [5.41, 5.74) is 5.85. The van der Waals surface area contributed by atoms with Gasteiger partial charge >= 0.3 is 5.97 Å². The maximum atomic E-state index is 13.1. The van der Waals surface area contributed by atoms with E-state index in [0.717, 1.165) is 18.6 Å². The van der Waals surface area contributed by atoms with Crippen molar-refractivity contribution in [1.29, 1.82) is 0 Å². The van der Waals surface area contributed by atoms with E-state index in [-0.39, 0.29) is 11.3 Å². The van der Waals surface area contributed by atoms with Crippen molar-refractivity contribution in [2.24, 2.45) is 11.8 Å². The second-order valence-corrected chi connectivity index (χ2v) is 5.11. The van der Waals surface area contributed by atoms with Crippen molar-refractivity contribution in [2.75, 3.05) is 12.3 Å². The SMILES string of the molecule is CC(C)CC(C)COC(=O)c1cc(N)cc(F)c1. The number of hydrogen-bond acceptors (Lipinski definition) is 3. The highest BCUT2D eigenvalue weighted by Crippen LogP contribution is 2.14. The molecule has 0 fully saturated rings. The van der Waals surface area contributed by atoms with E-state index >= 15 is 0 Å². The quantitative estimate of drug-likeness (QED) is 0.647. The molecule has 1 aromatic carbocycles. The minimum absolute atomic E-state index is 0.157. The molecule has 1 rings (SSSR count). The van der Waals surface area contributed by atoms with E-state index in [0.29, 0.717) is 18.4 Å². The van der Waals surface area contributed by atoms with Crippen LogP contribution < -0.4 is 5.73 Å². The van der Waals surface area contributed by atoms with Crippen LogP contribution in [0.3, 0.4) is 0 Å². The van der Waals surface area contributed by atoms with Crippen molar-refractivity contribution in [3.05, 3.63) is 29.6 Å². The van der Waals surface area contributed by atoms with Crippen molar-refractivity contribution >= 4 is 11.7 Å². The third-order valence-electron chi connectivity index (χ3n) is 2.53. The first-order valence-corrected chi connectivity index (χ1v) is 6.11. The van der Waals surface area contributed by atoms with E-state index in [9.17, 15) is 9.18 Å². The lowest BCUT2D eigenvalue weighted by atomic mass is 10.00. The Labute approximate surface area is 107 Å². The summed E-state index contributed by atoms with van der Waals surface area (Å²) in [5, 5.41) is 0. The molecule has 1 atom stereocenters. The van der Waals surface area contributed by atoms with Crippen LogP contribution in [0.1, 0.15) is 37.6 Å². The van der Waals surface area contributed by atoms with Gasteiger partial charge in [-0.05, 0) is 36.5 Å². The fourth-order valence-corrected chi connectivity index (χ4v) is 1.90. The normalized spacial score (nSPS) is 12.5. The largest absolute Gasteiger partial charge is 0.462 e. The number of esters is 1. The van der Waals surface area contributed by atoms with Gasteiger partial charge in [-0.25, -0.2) is 9.18 Å². The van der Waals surface area contributed by atoms with Crippen molar-refractivity contribution in [1.82, 2.24) is 0 Å². The van der Waals surface area contributed by atoms with E-state index in [2.05, 4.69) is 13.8 Å². The Kier molecular flexibility index (Phi) is 5.13. The van der Waals surface area contributed by atoms with Crippen molar-refractivity contribution in [3.63, 3.8) is 0 Å². The molecule has 18 heavy (non-hydrogen) atoms. The summed E-state index contributed by atoms with van der Waals surface area (Å²) in [5.74, 6) is -0.211. The van der Waals surface area contributed by atoms with Crippen LogP contribution in [0.15, 0.2) is 18.2 Å². The number of nitrogens with two attached hydrogens (primary N) is 1. The number of nitrogen functional groups attached to an aromatic ring is 1. The van der Waals surface area contributed by atoms with Crippen LogP contribution in [0.25, 0.3) is 0 Å². The number of rotatable bonds is 5. The molecule has 1 aromatic rings. The number of halogens is 1. The third-order valence-corrected chi connectivity index (χ3v) is 2.53. The summed E-state index contributed by atoms with van der Waals surface area (Å²) < 4.78 is 18.2. The van der Waals surface area contributed by atoms with Gasteiger partial charge in [-0.15, -0.1) is 0 Å². The van der Waals surface area contributed by atoms with Gasteiger partial charge in [-0.2, -0.15) is 0 Å². The third kappa shape index (κ3) is 4.73. The van der Waals surface area contributed by atoms with Crippen LogP contribution in [0.5, 0.6) is 0 Å². The van der Waals surface area contributed by atoms with Crippen LogP contribution in [-0.4, -0.2) is 12.6 Å². The highest BCUT2D eigenvalue weighted by Gasteiger charge is 2.12. The van der Waals surface area contributed by atoms with Crippen molar-refractivity contribution in [3.8, 4) is 0 Å². The minimum atomic E-state index is -0.531. The molecule has 0 saturated heterocycles. The Hall–Kier alpha value is -1.58. The van der Waals surface area contributed by atoms with Gasteiger partial charge in [0.2, 0.25) is 0 Å². The fourth-order valence-electron chi connectivity index (χ4n) is 1.90. The van der Waals surface area contributed by atoms with Crippen LogP contribution in [0, 0.1) is 17.7 Å². The second-order valence-electron chi connectivity index (χ2n) is 5.11. The number of benzene rings is 1. The Balaban J connectivity index is 2.55. The van der Waals surface area contributed by atoms with Crippen LogP contribution in [0.2, 0.25) is 0 Å².